The molecule has 0 aliphatic carbocycles. The topological polar surface area (TPSA) is 35.5 Å². The summed E-state index contributed by atoms with van der Waals surface area (Å²) in [4.78, 5) is 11.4. The lowest BCUT2D eigenvalue weighted by molar-refractivity contribution is -0.118. The van der Waals surface area contributed by atoms with Crippen LogP contribution in [0, 0.1) is 0 Å². The number of Topliss-reactive ketones (excluding diaryl/α,β-unsaturated/α-hetero) is 1. The van der Waals surface area contributed by atoms with Crippen molar-refractivity contribution in [1.29, 1.82) is 0 Å². The number of rotatable bonds is 4. The summed E-state index contributed by atoms with van der Waals surface area (Å²) in [7, 11) is 0. The molecular weight excluding hydrogens is 192 g/mol. The van der Waals surface area contributed by atoms with Crippen molar-refractivity contribution < 1.29 is 14.3 Å². The molecule has 0 N–H and O–H groups in total. The highest BCUT2D eigenvalue weighted by Crippen LogP contribution is 2.32. The van der Waals surface area contributed by atoms with E-state index in [2.05, 4.69) is 0 Å². The van der Waals surface area contributed by atoms with Crippen LogP contribution < -0.4 is 9.47 Å². The fraction of sp³-hybridized carbons (Fsp3) is 0.417. The Bertz CT molecular complexity index is 371. The molecule has 0 saturated heterocycles. The molecule has 0 saturated carbocycles. The number of fused-ring (bicyclic) bond motifs is 1. The number of carbonyl (C=O) groups excluding carboxylic acids is 1. The Hall–Kier alpha value is -1.51. The highest BCUT2D eigenvalue weighted by molar-refractivity contribution is 5.81. The standard InChI is InChI=1S/C12H14O3/c1-2-3-10(13)6-9-4-5-11-12(7-9)15-8-14-11/h4-5,7H,2-3,6,8H2,1H3. The Labute approximate surface area is 89.0 Å². The summed E-state index contributed by atoms with van der Waals surface area (Å²) in [6.07, 6.45) is 2.04. The first-order valence-electron chi connectivity index (χ1n) is 5.20. The first-order chi connectivity index (χ1) is 7.29. The number of ketones is 1. The molecule has 0 bridgehead atoms. The third-order valence-electron chi connectivity index (χ3n) is 2.37. The summed E-state index contributed by atoms with van der Waals surface area (Å²) >= 11 is 0. The molecular formula is C12H14O3. The minimum Gasteiger partial charge on any atom is -0.454 e. The third kappa shape index (κ3) is 2.29. The maximum absolute atomic E-state index is 11.4. The summed E-state index contributed by atoms with van der Waals surface area (Å²) in [6, 6.07) is 5.66. The normalized spacial score (nSPS) is 12.9. The van der Waals surface area contributed by atoms with Crippen molar-refractivity contribution in [3.63, 3.8) is 0 Å². The Morgan fingerprint density at radius 3 is 2.93 bits per heavy atom. The van der Waals surface area contributed by atoms with Crippen LogP contribution in [0.3, 0.4) is 0 Å². The van der Waals surface area contributed by atoms with Crippen molar-refractivity contribution in [3.05, 3.63) is 23.8 Å². The Kier molecular flexibility index (Phi) is 2.90. The van der Waals surface area contributed by atoms with E-state index in [9.17, 15) is 4.79 Å². The lowest BCUT2D eigenvalue weighted by atomic mass is 10.1. The molecule has 3 nitrogen and oxygen atoms in total. The second-order valence-corrected chi connectivity index (χ2v) is 3.65. The van der Waals surface area contributed by atoms with E-state index >= 15 is 0 Å². The van der Waals surface area contributed by atoms with Crippen LogP contribution in [0.4, 0.5) is 0 Å². The van der Waals surface area contributed by atoms with Crippen LogP contribution in [0.15, 0.2) is 18.2 Å². The minimum absolute atomic E-state index is 0.274. The second-order valence-electron chi connectivity index (χ2n) is 3.65. The van der Waals surface area contributed by atoms with Crippen LogP contribution in [0.1, 0.15) is 25.3 Å². The van der Waals surface area contributed by atoms with Gasteiger partial charge in [-0.2, -0.15) is 0 Å². The first-order valence-corrected chi connectivity index (χ1v) is 5.20. The van der Waals surface area contributed by atoms with Crippen molar-refractivity contribution >= 4 is 5.78 Å². The molecule has 1 aromatic rings. The minimum atomic E-state index is 0.274. The van der Waals surface area contributed by atoms with Gasteiger partial charge in [0.1, 0.15) is 5.78 Å². The molecule has 0 aromatic heterocycles. The lowest BCUT2D eigenvalue weighted by Gasteiger charge is -2.01. The molecule has 1 aliphatic heterocycles. The van der Waals surface area contributed by atoms with E-state index < -0.39 is 0 Å². The second kappa shape index (κ2) is 4.34. The van der Waals surface area contributed by atoms with Gasteiger partial charge in [0.25, 0.3) is 0 Å². The molecule has 15 heavy (non-hydrogen) atoms. The molecule has 0 spiro atoms. The SMILES string of the molecule is CCCC(=O)Cc1ccc2c(c1)OCO2. The zero-order valence-electron chi connectivity index (χ0n) is 8.79. The summed E-state index contributed by atoms with van der Waals surface area (Å²) in [5, 5.41) is 0. The highest BCUT2D eigenvalue weighted by atomic mass is 16.7. The van der Waals surface area contributed by atoms with E-state index in [0.29, 0.717) is 12.8 Å². The molecule has 2 rings (SSSR count). The number of hydrogen-bond acceptors (Lipinski definition) is 3. The van der Waals surface area contributed by atoms with Crippen molar-refractivity contribution in [2.45, 2.75) is 26.2 Å². The Morgan fingerprint density at radius 2 is 2.13 bits per heavy atom. The van der Waals surface area contributed by atoms with E-state index in [1.807, 2.05) is 25.1 Å². The molecule has 0 radical (unpaired) electrons. The number of ether oxygens (including phenoxy) is 2. The number of hydrogen-bond donors (Lipinski definition) is 0. The van der Waals surface area contributed by atoms with Gasteiger partial charge in [-0.05, 0) is 24.1 Å². The third-order valence-corrected chi connectivity index (χ3v) is 2.37. The van der Waals surface area contributed by atoms with Crippen LogP contribution in [-0.4, -0.2) is 12.6 Å². The summed E-state index contributed by atoms with van der Waals surface area (Å²) < 4.78 is 10.4. The number of benzene rings is 1. The lowest BCUT2D eigenvalue weighted by Crippen LogP contribution is -2.01. The van der Waals surface area contributed by atoms with E-state index in [4.69, 9.17) is 9.47 Å². The van der Waals surface area contributed by atoms with Crippen LogP contribution >= 0.6 is 0 Å². The van der Waals surface area contributed by atoms with Gasteiger partial charge in [-0.15, -0.1) is 0 Å². The number of carbonyl (C=O) groups is 1. The molecule has 0 fully saturated rings. The van der Waals surface area contributed by atoms with Gasteiger partial charge in [0, 0.05) is 12.8 Å². The van der Waals surface area contributed by atoms with Crippen molar-refractivity contribution in [2.24, 2.45) is 0 Å². The molecule has 0 unspecified atom stereocenters. The van der Waals surface area contributed by atoms with Gasteiger partial charge >= 0.3 is 0 Å². The van der Waals surface area contributed by atoms with Gasteiger partial charge in [-0.25, -0.2) is 0 Å². The monoisotopic (exact) mass is 206 g/mol. The maximum atomic E-state index is 11.4. The summed E-state index contributed by atoms with van der Waals surface area (Å²) in [6.45, 7) is 2.29. The molecule has 1 aliphatic rings. The van der Waals surface area contributed by atoms with Crippen molar-refractivity contribution in [3.8, 4) is 11.5 Å². The zero-order chi connectivity index (χ0) is 10.7. The van der Waals surface area contributed by atoms with Gasteiger partial charge in [-0.1, -0.05) is 13.0 Å². The van der Waals surface area contributed by atoms with Crippen molar-refractivity contribution in [1.82, 2.24) is 0 Å². The van der Waals surface area contributed by atoms with Gasteiger partial charge in [-0.3, -0.25) is 4.79 Å². The van der Waals surface area contributed by atoms with E-state index in [-0.39, 0.29) is 12.6 Å². The molecule has 0 amide bonds. The van der Waals surface area contributed by atoms with Crippen LogP contribution in [-0.2, 0) is 11.2 Å². The van der Waals surface area contributed by atoms with Gasteiger partial charge in [0.15, 0.2) is 11.5 Å². The van der Waals surface area contributed by atoms with Gasteiger partial charge in [0.2, 0.25) is 6.79 Å². The first kappa shape index (κ1) is 10.0. The molecule has 1 aromatic carbocycles. The quantitative estimate of drug-likeness (QED) is 0.758. The highest BCUT2D eigenvalue weighted by Gasteiger charge is 2.13. The fourth-order valence-electron chi connectivity index (χ4n) is 1.65. The fourth-order valence-corrected chi connectivity index (χ4v) is 1.65. The summed E-state index contributed by atoms with van der Waals surface area (Å²) in [5.74, 6) is 1.79. The smallest absolute Gasteiger partial charge is 0.231 e. The van der Waals surface area contributed by atoms with E-state index in [1.54, 1.807) is 0 Å². The van der Waals surface area contributed by atoms with Crippen LogP contribution in [0.5, 0.6) is 11.5 Å². The molecule has 0 atom stereocenters. The molecule has 1 heterocycles. The van der Waals surface area contributed by atoms with Gasteiger partial charge < -0.3 is 9.47 Å². The van der Waals surface area contributed by atoms with Gasteiger partial charge in [0.05, 0.1) is 0 Å². The molecule has 80 valence electrons. The van der Waals surface area contributed by atoms with Crippen LogP contribution in [0.2, 0.25) is 0 Å². The Morgan fingerprint density at radius 1 is 1.33 bits per heavy atom. The zero-order valence-corrected chi connectivity index (χ0v) is 8.79. The largest absolute Gasteiger partial charge is 0.454 e. The van der Waals surface area contributed by atoms with Crippen molar-refractivity contribution in [2.75, 3.05) is 6.79 Å². The maximum Gasteiger partial charge on any atom is 0.231 e. The van der Waals surface area contributed by atoms with E-state index in [0.717, 1.165) is 23.5 Å². The summed E-state index contributed by atoms with van der Waals surface area (Å²) in [5.41, 5.74) is 0.998. The predicted octanol–water partition coefficient (Wildman–Crippen LogP) is 2.33. The average Bonchev–Trinajstić information content (AvgIpc) is 2.65. The average molecular weight is 206 g/mol. The molecule has 3 heteroatoms. The van der Waals surface area contributed by atoms with Crippen LogP contribution in [0.25, 0.3) is 0 Å². The van der Waals surface area contributed by atoms with E-state index in [1.165, 1.54) is 0 Å². The predicted molar refractivity (Wildman–Crippen MR) is 56.2 cm³/mol. The Balaban J connectivity index is 2.06.